The van der Waals surface area contributed by atoms with Crippen molar-refractivity contribution in [3.8, 4) is 5.95 Å². The molecule has 2 rings (SSSR count). The van der Waals surface area contributed by atoms with Gasteiger partial charge in [-0.15, -0.1) is 5.10 Å². The Hall–Kier alpha value is -2.24. The first kappa shape index (κ1) is 10.3. The SMILES string of the molecule is Cc1cc(C(=O)O)c(C)n1-c1nccnn1. The number of aromatic carboxylic acids is 1. The van der Waals surface area contributed by atoms with Gasteiger partial charge in [0.1, 0.15) is 0 Å². The van der Waals surface area contributed by atoms with Crippen LogP contribution >= 0.6 is 0 Å². The minimum Gasteiger partial charge on any atom is -0.478 e. The van der Waals surface area contributed by atoms with Crippen LogP contribution in [0.1, 0.15) is 21.7 Å². The summed E-state index contributed by atoms with van der Waals surface area (Å²) in [5, 5.41) is 16.5. The molecular weight excluding hydrogens is 208 g/mol. The van der Waals surface area contributed by atoms with Gasteiger partial charge < -0.3 is 5.11 Å². The number of aromatic nitrogens is 4. The molecule has 0 aromatic carbocycles. The summed E-state index contributed by atoms with van der Waals surface area (Å²) in [5.74, 6) is -0.576. The van der Waals surface area contributed by atoms with Crippen molar-refractivity contribution in [3.63, 3.8) is 0 Å². The molecule has 0 aliphatic rings. The van der Waals surface area contributed by atoms with E-state index in [1.165, 1.54) is 12.4 Å². The minimum absolute atomic E-state index is 0.255. The fraction of sp³-hybridized carbons (Fsp3) is 0.200. The summed E-state index contributed by atoms with van der Waals surface area (Å²) >= 11 is 0. The lowest BCUT2D eigenvalue weighted by Gasteiger charge is -2.05. The summed E-state index contributed by atoms with van der Waals surface area (Å²) in [6.07, 6.45) is 2.98. The van der Waals surface area contributed by atoms with Gasteiger partial charge in [-0.1, -0.05) is 0 Å². The second kappa shape index (κ2) is 3.73. The highest BCUT2D eigenvalue weighted by Gasteiger charge is 2.16. The largest absolute Gasteiger partial charge is 0.478 e. The van der Waals surface area contributed by atoms with Crippen molar-refractivity contribution >= 4 is 5.97 Å². The number of nitrogens with zero attached hydrogens (tertiary/aromatic N) is 4. The number of hydrogen-bond acceptors (Lipinski definition) is 4. The van der Waals surface area contributed by atoms with E-state index in [0.29, 0.717) is 11.6 Å². The maximum atomic E-state index is 10.9. The predicted molar refractivity (Wildman–Crippen MR) is 55.6 cm³/mol. The van der Waals surface area contributed by atoms with E-state index in [0.717, 1.165) is 5.69 Å². The van der Waals surface area contributed by atoms with Crippen molar-refractivity contribution in [2.75, 3.05) is 0 Å². The lowest BCUT2D eigenvalue weighted by molar-refractivity contribution is 0.0696. The molecule has 0 bridgehead atoms. The van der Waals surface area contributed by atoms with Crippen molar-refractivity contribution in [2.45, 2.75) is 13.8 Å². The monoisotopic (exact) mass is 218 g/mol. The Bertz CT molecular complexity index is 533. The molecule has 0 atom stereocenters. The van der Waals surface area contributed by atoms with Crippen LogP contribution in [-0.2, 0) is 0 Å². The fourth-order valence-corrected chi connectivity index (χ4v) is 1.63. The Morgan fingerprint density at radius 2 is 2.12 bits per heavy atom. The Morgan fingerprint density at radius 1 is 1.38 bits per heavy atom. The van der Waals surface area contributed by atoms with Crippen LogP contribution in [0.2, 0.25) is 0 Å². The zero-order valence-electron chi connectivity index (χ0n) is 8.88. The first-order chi connectivity index (χ1) is 7.61. The van der Waals surface area contributed by atoms with Crippen LogP contribution in [0, 0.1) is 13.8 Å². The molecule has 0 aliphatic carbocycles. The van der Waals surface area contributed by atoms with E-state index in [-0.39, 0.29) is 5.56 Å². The van der Waals surface area contributed by atoms with E-state index >= 15 is 0 Å². The highest BCUT2D eigenvalue weighted by Crippen LogP contribution is 2.17. The van der Waals surface area contributed by atoms with E-state index in [1.54, 1.807) is 24.5 Å². The number of carboxylic acid groups (broad SMARTS) is 1. The summed E-state index contributed by atoms with van der Waals surface area (Å²) in [4.78, 5) is 15.0. The molecule has 0 unspecified atom stereocenters. The molecule has 16 heavy (non-hydrogen) atoms. The molecule has 2 aromatic rings. The maximum absolute atomic E-state index is 10.9. The van der Waals surface area contributed by atoms with Crippen molar-refractivity contribution in [1.29, 1.82) is 0 Å². The molecular formula is C10H10N4O2. The van der Waals surface area contributed by atoms with E-state index in [4.69, 9.17) is 5.11 Å². The molecule has 82 valence electrons. The molecule has 2 aromatic heterocycles. The van der Waals surface area contributed by atoms with Crippen LogP contribution in [0.15, 0.2) is 18.5 Å². The van der Waals surface area contributed by atoms with Crippen molar-refractivity contribution < 1.29 is 9.90 Å². The summed E-state index contributed by atoms with van der Waals surface area (Å²) in [5.41, 5.74) is 1.62. The molecule has 0 spiro atoms. The molecule has 0 radical (unpaired) electrons. The molecule has 1 N–H and O–H groups in total. The average Bonchev–Trinajstić information content (AvgIpc) is 2.56. The van der Waals surface area contributed by atoms with E-state index in [1.807, 2.05) is 0 Å². The Labute approximate surface area is 91.6 Å². The van der Waals surface area contributed by atoms with Gasteiger partial charge >= 0.3 is 5.97 Å². The lowest BCUT2D eigenvalue weighted by atomic mass is 10.2. The Morgan fingerprint density at radius 3 is 2.62 bits per heavy atom. The van der Waals surface area contributed by atoms with Gasteiger partial charge in [0.15, 0.2) is 0 Å². The average molecular weight is 218 g/mol. The van der Waals surface area contributed by atoms with Crippen LogP contribution in [0.3, 0.4) is 0 Å². The topological polar surface area (TPSA) is 80.9 Å². The molecule has 2 heterocycles. The lowest BCUT2D eigenvalue weighted by Crippen LogP contribution is -2.06. The molecule has 0 aliphatic heterocycles. The van der Waals surface area contributed by atoms with Gasteiger partial charge in [-0.25, -0.2) is 9.78 Å². The standard InChI is InChI=1S/C10H10N4O2/c1-6-5-8(9(15)16)7(2)14(6)10-11-3-4-12-13-10/h3-5H,1-2H3,(H,15,16). The van der Waals surface area contributed by atoms with E-state index in [2.05, 4.69) is 15.2 Å². The number of carboxylic acids is 1. The number of rotatable bonds is 2. The normalized spacial score (nSPS) is 10.4. The number of aryl methyl sites for hydroxylation is 1. The van der Waals surface area contributed by atoms with Crippen molar-refractivity contribution in [3.05, 3.63) is 35.4 Å². The van der Waals surface area contributed by atoms with Crippen LogP contribution in [0.4, 0.5) is 0 Å². The van der Waals surface area contributed by atoms with Crippen molar-refractivity contribution in [1.82, 2.24) is 19.7 Å². The first-order valence-electron chi connectivity index (χ1n) is 4.67. The highest BCUT2D eigenvalue weighted by atomic mass is 16.4. The molecule has 0 amide bonds. The van der Waals surface area contributed by atoms with E-state index < -0.39 is 5.97 Å². The third-order valence-corrected chi connectivity index (χ3v) is 2.33. The van der Waals surface area contributed by atoms with Gasteiger partial charge in [0.2, 0.25) is 0 Å². The molecule has 0 saturated heterocycles. The summed E-state index contributed by atoms with van der Waals surface area (Å²) in [6, 6.07) is 1.59. The second-order valence-electron chi connectivity index (χ2n) is 3.37. The first-order valence-corrected chi connectivity index (χ1v) is 4.67. The summed E-state index contributed by atoms with van der Waals surface area (Å²) in [7, 11) is 0. The Balaban J connectivity index is 2.63. The van der Waals surface area contributed by atoms with E-state index in [9.17, 15) is 4.79 Å². The highest BCUT2D eigenvalue weighted by molar-refractivity contribution is 5.89. The van der Waals surface area contributed by atoms with Crippen LogP contribution in [0.25, 0.3) is 5.95 Å². The predicted octanol–water partition coefficient (Wildman–Crippen LogP) is 0.977. The van der Waals surface area contributed by atoms with Gasteiger partial charge in [0.25, 0.3) is 5.95 Å². The third kappa shape index (κ3) is 1.54. The minimum atomic E-state index is -0.955. The van der Waals surface area contributed by atoms with Gasteiger partial charge in [-0.05, 0) is 19.9 Å². The van der Waals surface area contributed by atoms with Gasteiger partial charge in [0.05, 0.1) is 18.0 Å². The van der Waals surface area contributed by atoms with Crippen LogP contribution in [0.5, 0.6) is 0 Å². The quantitative estimate of drug-likeness (QED) is 0.812. The third-order valence-electron chi connectivity index (χ3n) is 2.33. The van der Waals surface area contributed by atoms with Gasteiger partial charge in [-0.2, -0.15) is 5.10 Å². The van der Waals surface area contributed by atoms with Gasteiger partial charge in [0, 0.05) is 11.4 Å². The molecule has 6 nitrogen and oxygen atoms in total. The van der Waals surface area contributed by atoms with Crippen LogP contribution < -0.4 is 0 Å². The van der Waals surface area contributed by atoms with Crippen molar-refractivity contribution in [2.24, 2.45) is 0 Å². The van der Waals surface area contributed by atoms with Crippen LogP contribution in [-0.4, -0.2) is 30.8 Å². The molecule has 6 heteroatoms. The fourth-order valence-electron chi connectivity index (χ4n) is 1.63. The second-order valence-corrected chi connectivity index (χ2v) is 3.37. The smallest absolute Gasteiger partial charge is 0.337 e. The summed E-state index contributed by atoms with van der Waals surface area (Å²) in [6.45, 7) is 3.52. The molecule has 0 saturated carbocycles. The Kier molecular flexibility index (Phi) is 2.40. The summed E-state index contributed by atoms with van der Waals surface area (Å²) < 4.78 is 1.66. The maximum Gasteiger partial charge on any atom is 0.337 e. The number of carbonyl (C=O) groups is 1. The van der Waals surface area contributed by atoms with Gasteiger partial charge in [-0.3, -0.25) is 4.57 Å². The zero-order valence-corrected chi connectivity index (χ0v) is 8.88. The number of hydrogen-bond donors (Lipinski definition) is 1. The zero-order chi connectivity index (χ0) is 11.7. The molecule has 0 fully saturated rings.